The Hall–Kier alpha value is -0.170. The summed E-state index contributed by atoms with van der Waals surface area (Å²) in [6.45, 7) is 5.27. The highest BCUT2D eigenvalue weighted by molar-refractivity contribution is 7.89. The summed E-state index contributed by atoms with van der Waals surface area (Å²) in [5, 5.41) is 0. The molecule has 0 aromatic heterocycles. The third-order valence-corrected chi connectivity index (χ3v) is 4.83. The normalized spacial score (nSPS) is 12.6. The van der Waals surface area contributed by atoms with E-state index in [0.717, 1.165) is 12.8 Å². The van der Waals surface area contributed by atoms with E-state index in [1.807, 2.05) is 13.8 Å². The summed E-state index contributed by atoms with van der Waals surface area (Å²) in [6, 6.07) is 0.0629. The molecular weight excluding hydrogens is 240 g/mol. The Morgan fingerprint density at radius 2 is 1.88 bits per heavy atom. The molecule has 0 aromatic carbocycles. The lowest BCUT2D eigenvalue weighted by molar-refractivity contribution is 0.163. The fourth-order valence-electron chi connectivity index (χ4n) is 1.81. The zero-order valence-corrected chi connectivity index (χ0v) is 12.0. The van der Waals surface area contributed by atoms with Crippen LogP contribution in [-0.2, 0) is 14.8 Å². The molecular formula is C11H26N2O3S. The smallest absolute Gasteiger partial charge is 0.214 e. The Morgan fingerprint density at radius 3 is 2.29 bits per heavy atom. The third kappa shape index (κ3) is 5.81. The zero-order valence-electron chi connectivity index (χ0n) is 11.2. The van der Waals surface area contributed by atoms with Crippen LogP contribution < -0.4 is 5.73 Å². The summed E-state index contributed by atoms with van der Waals surface area (Å²) in [4.78, 5) is 0. The molecule has 0 atom stereocenters. The van der Waals surface area contributed by atoms with Gasteiger partial charge in [0.15, 0.2) is 0 Å². The predicted molar refractivity (Wildman–Crippen MR) is 70.4 cm³/mol. The second kappa shape index (κ2) is 8.85. The van der Waals surface area contributed by atoms with E-state index in [9.17, 15) is 8.42 Å². The maximum Gasteiger partial charge on any atom is 0.214 e. The minimum absolute atomic E-state index is 0.0629. The molecule has 0 heterocycles. The lowest BCUT2D eigenvalue weighted by Gasteiger charge is -2.29. The molecule has 0 unspecified atom stereocenters. The Bertz CT molecular complexity index is 276. The van der Waals surface area contributed by atoms with E-state index in [-0.39, 0.29) is 11.8 Å². The molecule has 0 aliphatic carbocycles. The van der Waals surface area contributed by atoms with Gasteiger partial charge in [0.2, 0.25) is 10.0 Å². The van der Waals surface area contributed by atoms with Gasteiger partial charge in [0.05, 0.1) is 12.4 Å². The topological polar surface area (TPSA) is 72.6 Å². The Balaban J connectivity index is 4.75. The molecule has 5 nitrogen and oxygen atoms in total. The van der Waals surface area contributed by atoms with Crippen LogP contribution >= 0.6 is 0 Å². The Labute approximate surface area is 105 Å². The Morgan fingerprint density at radius 1 is 1.29 bits per heavy atom. The summed E-state index contributed by atoms with van der Waals surface area (Å²) in [5.74, 6) is 0.129. The number of rotatable bonds is 10. The number of nitrogens with zero attached hydrogens (tertiary/aromatic N) is 1. The van der Waals surface area contributed by atoms with Crippen molar-refractivity contribution in [1.82, 2.24) is 4.31 Å². The average molecular weight is 266 g/mol. The fourth-order valence-corrected chi connectivity index (χ4v) is 3.68. The van der Waals surface area contributed by atoms with Gasteiger partial charge in [0.25, 0.3) is 0 Å². The first-order valence-corrected chi connectivity index (χ1v) is 7.82. The minimum Gasteiger partial charge on any atom is -0.383 e. The van der Waals surface area contributed by atoms with Gasteiger partial charge in [-0.15, -0.1) is 0 Å². The van der Waals surface area contributed by atoms with E-state index >= 15 is 0 Å². The molecule has 2 N–H and O–H groups in total. The molecule has 0 radical (unpaired) electrons. The van der Waals surface area contributed by atoms with E-state index in [1.165, 1.54) is 0 Å². The van der Waals surface area contributed by atoms with Crippen molar-refractivity contribution in [3.05, 3.63) is 0 Å². The first kappa shape index (κ1) is 16.8. The quantitative estimate of drug-likeness (QED) is 0.635. The molecule has 0 rings (SSSR count). The monoisotopic (exact) mass is 266 g/mol. The van der Waals surface area contributed by atoms with Gasteiger partial charge in [-0.05, 0) is 25.8 Å². The molecule has 104 valence electrons. The standard InChI is InChI=1S/C11H26N2O3S/c1-4-11(5-2)13(8-9-16-3)17(14,15)10-6-7-12/h11H,4-10,12H2,1-3H3. The summed E-state index contributed by atoms with van der Waals surface area (Å²) < 4.78 is 30.9. The van der Waals surface area contributed by atoms with Crippen LogP contribution in [-0.4, -0.2) is 51.3 Å². The van der Waals surface area contributed by atoms with Crippen molar-refractivity contribution in [3.63, 3.8) is 0 Å². The summed E-state index contributed by atoms with van der Waals surface area (Å²) >= 11 is 0. The van der Waals surface area contributed by atoms with Crippen molar-refractivity contribution in [2.24, 2.45) is 5.73 Å². The van der Waals surface area contributed by atoms with Gasteiger partial charge in [-0.3, -0.25) is 0 Å². The first-order chi connectivity index (χ1) is 8.03. The van der Waals surface area contributed by atoms with E-state index in [0.29, 0.717) is 26.1 Å². The van der Waals surface area contributed by atoms with Crippen molar-refractivity contribution in [1.29, 1.82) is 0 Å². The number of sulfonamides is 1. The highest BCUT2D eigenvalue weighted by Crippen LogP contribution is 2.14. The van der Waals surface area contributed by atoms with Crippen molar-refractivity contribution < 1.29 is 13.2 Å². The number of methoxy groups -OCH3 is 1. The molecule has 0 bridgehead atoms. The Kier molecular flexibility index (Phi) is 8.77. The van der Waals surface area contributed by atoms with Crippen LogP contribution in [0.5, 0.6) is 0 Å². The van der Waals surface area contributed by atoms with Crippen molar-refractivity contribution in [3.8, 4) is 0 Å². The van der Waals surface area contributed by atoms with Gasteiger partial charge >= 0.3 is 0 Å². The van der Waals surface area contributed by atoms with Crippen molar-refractivity contribution in [2.45, 2.75) is 39.2 Å². The first-order valence-electron chi connectivity index (χ1n) is 6.21. The summed E-state index contributed by atoms with van der Waals surface area (Å²) in [6.07, 6.45) is 2.15. The predicted octanol–water partition coefficient (Wildman–Crippen LogP) is 0.802. The van der Waals surface area contributed by atoms with Gasteiger partial charge in [-0.1, -0.05) is 13.8 Å². The van der Waals surface area contributed by atoms with Gasteiger partial charge in [-0.2, -0.15) is 4.31 Å². The molecule has 0 aromatic rings. The highest BCUT2D eigenvalue weighted by Gasteiger charge is 2.26. The molecule has 17 heavy (non-hydrogen) atoms. The maximum atomic E-state index is 12.2. The van der Waals surface area contributed by atoms with E-state index in [1.54, 1.807) is 11.4 Å². The number of hydrogen-bond donors (Lipinski definition) is 1. The van der Waals surface area contributed by atoms with Crippen LogP contribution in [0.25, 0.3) is 0 Å². The second-order valence-electron chi connectivity index (χ2n) is 4.03. The van der Waals surface area contributed by atoms with E-state index in [4.69, 9.17) is 10.5 Å². The summed E-state index contributed by atoms with van der Waals surface area (Å²) in [5.41, 5.74) is 5.37. The fraction of sp³-hybridized carbons (Fsp3) is 1.00. The number of nitrogens with two attached hydrogens (primary N) is 1. The molecule has 0 spiro atoms. The van der Waals surface area contributed by atoms with Crippen LogP contribution in [0.1, 0.15) is 33.1 Å². The minimum atomic E-state index is -3.21. The second-order valence-corrected chi connectivity index (χ2v) is 6.07. The average Bonchev–Trinajstić information content (AvgIpc) is 2.31. The zero-order chi connectivity index (χ0) is 13.3. The maximum absolute atomic E-state index is 12.2. The van der Waals surface area contributed by atoms with Crippen molar-refractivity contribution in [2.75, 3.05) is 32.6 Å². The molecule has 0 aliphatic heterocycles. The molecule has 0 aliphatic rings. The van der Waals surface area contributed by atoms with Gasteiger partial charge in [-0.25, -0.2) is 8.42 Å². The third-order valence-electron chi connectivity index (χ3n) is 2.83. The van der Waals surface area contributed by atoms with Crippen LogP contribution in [0.15, 0.2) is 0 Å². The van der Waals surface area contributed by atoms with E-state index < -0.39 is 10.0 Å². The number of ether oxygens (including phenoxy) is 1. The summed E-state index contributed by atoms with van der Waals surface area (Å²) in [7, 11) is -1.63. The molecule has 0 fully saturated rings. The SMILES string of the molecule is CCC(CC)N(CCOC)S(=O)(=O)CCCN. The lowest BCUT2D eigenvalue weighted by atomic mass is 10.2. The van der Waals surface area contributed by atoms with Crippen LogP contribution in [0, 0.1) is 0 Å². The molecule has 0 saturated carbocycles. The largest absolute Gasteiger partial charge is 0.383 e. The van der Waals surface area contributed by atoms with Gasteiger partial charge in [0.1, 0.15) is 0 Å². The molecule has 0 saturated heterocycles. The highest BCUT2D eigenvalue weighted by atomic mass is 32.2. The van der Waals surface area contributed by atoms with Crippen molar-refractivity contribution >= 4 is 10.0 Å². The van der Waals surface area contributed by atoms with E-state index in [2.05, 4.69) is 0 Å². The number of hydrogen-bond acceptors (Lipinski definition) is 4. The lowest BCUT2D eigenvalue weighted by Crippen LogP contribution is -2.43. The van der Waals surface area contributed by atoms with Crippen LogP contribution in [0.2, 0.25) is 0 Å². The van der Waals surface area contributed by atoms with Gasteiger partial charge in [0, 0.05) is 19.7 Å². The van der Waals surface area contributed by atoms with Crippen LogP contribution in [0.4, 0.5) is 0 Å². The van der Waals surface area contributed by atoms with Gasteiger partial charge < -0.3 is 10.5 Å². The van der Waals surface area contributed by atoms with Crippen LogP contribution in [0.3, 0.4) is 0 Å². The molecule has 6 heteroatoms. The molecule has 0 amide bonds.